The molecule has 3 N–H and O–H groups in total. The molecule has 8 heteroatoms. The van der Waals surface area contributed by atoms with Gasteiger partial charge in [-0.15, -0.1) is 12.4 Å². The van der Waals surface area contributed by atoms with Gasteiger partial charge in [0.05, 0.1) is 12.6 Å². The highest BCUT2D eigenvalue weighted by molar-refractivity contribution is 6.30. The Morgan fingerprint density at radius 2 is 2.13 bits per heavy atom. The third-order valence-electron chi connectivity index (χ3n) is 3.18. The molecule has 1 heterocycles. The maximum atomic E-state index is 11.9. The summed E-state index contributed by atoms with van der Waals surface area (Å²) >= 11 is 5.92. The molecule has 1 amide bonds. The smallest absolute Gasteiger partial charge is 0.246 e. The normalized spacial score (nSPS) is 12.4. The molecule has 0 saturated carbocycles. The highest BCUT2D eigenvalue weighted by Gasteiger charge is 2.27. The number of carbonyl (C=O) groups excluding carboxylic acids is 1. The quantitative estimate of drug-likeness (QED) is 0.876. The van der Waals surface area contributed by atoms with Crippen molar-refractivity contribution in [2.75, 3.05) is 0 Å². The molecular formula is C15H20Cl2N4O2. The van der Waals surface area contributed by atoms with Crippen LogP contribution in [0, 0.1) is 5.41 Å². The molecule has 2 rings (SSSR count). The summed E-state index contributed by atoms with van der Waals surface area (Å²) in [4.78, 5) is 16.2. The molecule has 0 aliphatic carbocycles. The molecule has 0 fully saturated rings. The Morgan fingerprint density at radius 3 is 2.74 bits per heavy atom. The van der Waals surface area contributed by atoms with Crippen LogP contribution in [-0.4, -0.2) is 22.1 Å². The van der Waals surface area contributed by atoms with E-state index in [0.717, 1.165) is 5.56 Å². The van der Waals surface area contributed by atoms with Crippen LogP contribution in [0.3, 0.4) is 0 Å². The summed E-state index contributed by atoms with van der Waals surface area (Å²) in [6.07, 6.45) is 0. The topological polar surface area (TPSA) is 94.0 Å². The molecule has 1 aromatic carbocycles. The fourth-order valence-corrected chi connectivity index (χ4v) is 1.93. The molecule has 0 aliphatic rings. The zero-order chi connectivity index (χ0) is 16.3. The first kappa shape index (κ1) is 19.4. The summed E-state index contributed by atoms with van der Waals surface area (Å²) in [7, 11) is 0. The van der Waals surface area contributed by atoms with Gasteiger partial charge in [0.25, 0.3) is 0 Å². The molecule has 0 spiro atoms. The number of halogens is 2. The van der Waals surface area contributed by atoms with Gasteiger partial charge in [0, 0.05) is 10.6 Å². The summed E-state index contributed by atoms with van der Waals surface area (Å²) in [5, 5.41) is 7.16. The monoisotopic (exact) mass is 358 g/mol. The van der Waals surface area contributed by atoms with Crippen LogP contribution in [0.5, 0.6) is 0 Å². The Morgan fingerprint density at radius 1 is 1.43 bits per heavy atom. The van der Waals surface area contributed by atoms with Crippen molar-refractivity contribution in [1.82, 2.24) is 15.5 Å². The molecule has 1 atom stereocenters. The summed E-state index contributed by atoms with van der Waals surface area (Å²) in [5.41, 5.74) is 6.31. The first-order valence-electron chi connectivity index (χ1n) is 6.89. The van der Waals surface area contributed by atoms with Crippen LogP contribution >= 0.6 is 24.0 Å². The lowest BCUT2D eigenvalue weighted by Gasteiger charge is -2.25. The number of nitrogens with zero attached hydrogens (tertiary/aromatic N) is 2. The van der Waals surface area contributed by atoms with Crippen molar-refractivity contribution >= 4 is 29.9 Å². The average molecular weight is 359 g/mol. The minimum Gasteiger partial charge on any atom is -0.346 e. The van der Waals surface area contributed by atoms with Gasteiger partial charge in [0.2, 0.25) is 17.6 Å². The van der Waals surface area contributed by atoms with Crippen LogP contribution in [0.1, 0.15) is 26.7 Å². The second-order valence-electron chi connectivity index (χ2n) is 6.08. The molecule has 0 saturated heterocycles. The Kier molecular flexibility index (Phi) is 6.56. The number of nitrogens with one attached hydrogen (secondary N) is 1. The molecule has 0 radical (unpaired) electrons. The maximum absolute atomic E-state index is 11.9. The number of aromatic nitrogens is 2. The van der Waals surface area contributed by atoms with E-state index in [1.807, 2.05) is 26.8 Å². The molecule has 2 aromatic rings. The zero-order valence-electron chi connectivity index (χ0n) is 13.2. The van der Waals surface area contributed by atoms with Gasteiger partial charge in [-0.05, 0) is 17.5 Å². The first-order chi connectivity index (χ1) is 10.3. The van der Waals surface area contributed by atoms with E-state index in [1.165, 1.54) is 0 Å². The lowest BCUT2D eigenvalue weighted by atomic mass is 9.87. The molecule has 0 aliphatic heterocycles. The second kappa shape index (κ2) is 7.77. The van der Waals surface area contributed by atoms with E-state index in [0.29, 0.717) is 16.7 Å². The number of benzene rings is 1. The maximum Gasteiger partial charge on any atom is 0.246 e. The number of nitrogens with two attached hydrogens (primary N) is 1. The van der Waals surface area contributed by atoms with Gasteiger partial charge in [-0.1, -0.05) is 49.7 Å². The molecule has 0 unspecified atom stereocenters. The van der Waals surface area contributed by atoms with E-state index in [1.54, 1.807) is 18.2 Å². The Bertz CT molecular complexity index is 667. The van der Waals surface area contributed by atoms with Crippen molar-refractivity contribution in [2.45, 2.75) is 33.4 Å². The fraction of sp³-hybridized carbons (Fsp3) is 0.400. The van der Waals surface area contributed by atoms with E-state index in [-0.39, 0.29) is 30.3 Å². The zero-order valence-corrected chi connectivity index (χ0v) is 14.7. The highest BCUT2D eigenvalue weighted by atomic mass is 35.5. The lowest BCUT2D eigenvalue weighted by molar-refractivity contribution is -0.124. The minimum absolute atomic E-state index is 0. The van der Waals surface area contributed by atoms with E-state index >= 15 is 0 Å². The van der Waals surface area contributed by atoms with Gasteiger partial charge in [0.1, 0.15) is 0 Å². The number of hydrogen-bond acceptors (Lipinski definition) is 5. The van der Waals surface area contributed by atoms with Crippen molar-refractivity contribution in [1.29, 1.82) is 0 Å². The first-order valence-corrected chi connectivity index (χ1v) is 7.27. The number of hydrogen-bond donors (Lipinski definition) is 2. The Balaban J connectivity index is 0.00000264. The SMILES string of the molecule is CC(C)(C)[C@H](N)C(=O)NCc1nc(-c2cccc(Cl)c2)no1.Cl. The number of amides is 1. The Labute approximate surface area is 146 Å². The van der Waals surface area contributed by atoms with Gasteiger partial charge in [-0.25, -0.2) is 0 Å². The number of carbonyl (C=O) groups is 1. The summed E-state index contributed by atoms with van der Waals surface area (Å²) in [5.74, 6) is 0.478. The standard InChI is InChI=1S/C15H19ClN4O2.ClH/c1-15(2,3)12(17)14(21)18-8-11-19-13(20-22-11)9-5-4-6-10(16)7-9;/h4-7,12H,8,17H2,1-3H3,(H,18,21);1H/t12-;/m1./s1. The summed E-state index contributed by atoms with van der Waals surface area (Å²) in [6, 6.07) is 6.53. The van der Waals surface area contributed by atoms with Crippen LogP contribution in [0.15, 0.2) is 28.8 Å². The van der Waals surface area contributed by atoms with Gasteiger partial charge in [0.15, 0.2) is 0 Å². The van der Waals surface area contributed by atoms with Gasteiger partial charge in [-0.3, -0.25) is 4.79 Å². The lowest BCUT2D eigenvalue weighted by Crippen LogP contribution is -2.48. The average Bonchev–Trinajstić information content (AvgIpc) is 2.92. The molecule has 1 aromatic heterocycles. The third kappa shape index (κ3) is 5.20. The van der Waals surface area contributed by atoms with Crippen LogP contribution in [-0.2, 0) is 11.3 Å². The predicted molar refractivity (Wildman–Crippen MR) is 91.3 cm³/mol. The number of rotatable bonds is 4. The van der Waals surface area contributed by atoms with E-state index in [2.05, 4.69) is 15.5 Å². The van der Waals surface area contributed by atoms with Crippen LogP contribution in [0.25, 0.3) is 11.4 Å². The van der Waals surface area contributed by atoms with E-state index < -0.39 is 6.04 Å². The van der Waals surface area contributed by atoms with Gasteiger partial charge >= 0.3 is 0 Å². The highest BCUT2D eigenvalue weighted by Crippen LogP contribution is 2.20. The van der Waals surface area contributed by atoms with Crippen molar-refractivity contribution in [3.63, 3.8) is 0 Å². The van der Waals surface area contributed by atoms with Crippen molar-refractivity contribution < 1.29 is 9.32 Å². The fourth-order valence-electron chi connectivity index (χ4n) is 1.74. The molecule has 6 nitrogen and oxygen atoms in total. The van der Waals surface area contributed by atoms with Crippen LogP contribution in [0.4, 0.5) is 0 Å². The van der Waals surface area contributed by atoms with E-state index in [9.17, 15) is 4.79 Å². The minimum atomic E-state index is -0.608. The predicted octanol–water partition coefficient (Wildman–Crippen LogP) is 2.80. The molecule has 23 heavy (non-hydrogen) atoms. The van der Waals surface area contributed by atoms with E-state index in [4.69, 9.17) is 21.9 Å². The molecule has 0 bridgehead atoms. The summed E-state index contributed by atoms with van der Waals surface area (Å²) < 4.78 is 5.11. The van der Waals surface area contributed by atoms with Crippen LogP contribution < -0.4 is 11.1 Å². The molecular weight excluding hydrogens is 339 g/mol. The van der Waals surface area contributed by atoms with Crippen molar-refractivity contribution in [2.24, 2.45) is 11.1 Å². The second-order valence-corrected chi connectivity index (χ2v) is 6.52. The van der Waals surface area contributed by atoms with Gasteiger partial charge in [-0.2, -0.15) is 4.98 Å². The van der Waals surface area contributed by atoms with Crippen molar-refractivity contribution in [3.05, 3.63) is 35.2 Å². The third-order valence-corrected chi connectivity index (χ3v) is 3.42. The van der Waals surface area contributed by atoms with Crippen LogP contribution in [0.2, 0.25) is 5.02 Å². The largest absolute Gasteiger partial charge is 0.346 e. The molecule has 126 valence electrons. The Hall–Kier alpha value is -1.63. The van der Waals surface area contributed by atoms with Crippen molar-refractivity contribution in [3.8, 4) is 11.4 Å². The van der Waals surface area contributed by atoms with Gasteiger partial charge < -0.3 is 15.6 Å². The summed E-state index contributed by atoms with van der Waals surface area (Å²) in [6.45, 7) is 5.85.